The van der Waals surface area contributed by atoms with E-state index in [1.54, 1.807) is 30.3 Å². The molecule has 0 unspecified atom stereocenters. The first-order chi connectivity index (χ1) is 11.1. The summed E-state index contributed by atoms with van der Waals surface area (Å²) < 4.78 is 5.19. The van der Waals surface area contributed by atoms with E-state index in [9.17, 15) is 10.1 Å². The predicted molar refractivity (Wildman–Crippen MR) is 91.7 cm³/mol. The zero-order valence-corrected chi connectivity index (χ0v) is 13.4. The number of ether oxygens (including phenoxy) is 1. The number of hydrogen-bond acceptors (Lipinski definition) is 4. The number of rotatable bonds is 5. The molecule has 0 bridgehead atoms. The summed E-state index contributed by atoms with van der Waals surface area (Å²) in [6.45, 7) is 0. The topological polar surface area (TPSA) is 53.3 Å². The predicted octanol–water partition coefficient (Wildman–Crippen LogP) is 3.55. The molecule has 2 rings (SSSR count). The normalized spacial score (nSPS) is 10.8. The van der Waals surface area contributed by atoms with Gasteiger partial charge in [-0.25, -0.2) is 0 Å². The standard InChI is InChI=1S/C19H18N2O2/c1-21(2)16-10-8-14(9-11-16)12-15(13-20)19(22)17-6-4-5-7-18(17)23-3/h4-12H,1-3H3/b15-12+. The van der Waals surface area contributed by atoms with E-state index in [4.69, 9.17) is 4.74 Å². The third-order valence-electron chi connectivity index (χ3n) is 3.44. The fourth-order valence-corrected chi connectivity index (χ4v) is 2.16. The molecule has 4 nitrogen and oxygen atoms in total. The van der Waals surface area contributed by atoms with Crippen molar-refractivity contribution in [2.75, 3.05) is 26.1 Å². The number of allylic oxidation sites excluding steroid dienone is 1. The molecule has 2 aromatic carbocycles. The van der Waals surface area contributed by atoms with Gasteiger partial charge in [-0.15, -0.1) is 0 Å². The molecule has 0 aliphatic heterocycles. The van der Waals surface area contributed by atoms with E-state index in [1.807, 2.05) is 49.3 Å². The number of nitriles is 1. The number of benzene rings is 2. The Bertz CT molecular complexity index is 769. The monoisotopic (exact) mass is 306 g/mol. The minimum absolute atomic E-state index is 0.0760. The van der Waals surface area contributed by atoms with E-state index in [-0.39, 0.29) is 11.4 Å². The van der Waals surface area contributed by atoms with Gasteiger partial charge < -0.3 is 9.64 Å². The number of nitrogens with zero attached hydrogens (tertiary/aromatic N) is 2. The van der Waals surface area contributed by atoms with E-state index in [1.165, 1.54) is 7.11 Å². The molecule has 0 atom stereocenters. The zero-order valence-electron chi connectivity index (χ0n) is 13.4. The van der Waals surface area contributed by atoms with Crippen LogP contribution in [-0.4, -0.2) is 27.0 Å². The molecule has 0 aliphatic rings. The van der Waals surface area contributed by atoms with Crippen molar-refractivity contribution >= 4 is 17.5 Å². The highest BCUT2D eigenvalue weighted by Crippen LogP contribution is 2.22. The van der Waals surface area contributed by atoms with Gasteiger partial charge in [-0.2, -0.15) is 5.26 Å². The number of carbonyl (C=O) groups is 1. The summed E-state index contributed by atoms with van der Waals surface area (Å²) in [5.74, 6) is 0.114. The van der Waals surface area contributed by atoms with E-state index < -0.39 is 0 Å². The van der Waals surface area contributed by atoms with Crippen LogP contribution < -0.4 is 9.64 Å². The molecule has 0 fully saturated rings. The Labute approximate surface area is 136 Å². The van der Waals surface area contributed by atoms with Crippen LogP contribution in [0.5, 0.6) is 5.75 Å². The number of hydrogen-bond donors (Lipinski definition) is 0. The lowest BCUT2D eigenvalue weighted by atomic mass is 10.0. The molecule has 0 saturated heterocycles. The van der Waals surface area contributed by atoms with Gasteiger partial charge in [0.2, 0.25) is 5.78 Å². The van der Waals surface area contributed by atoms with Gasteiger partial charge in [-0.3, -0.25) is 4.79 Å². The summed E-state index contributed by atoms with van der Waals surface area (Å²) in [6.07, 6.45) is 1.59. The van der Waals surface area contributed by atoms with Gasteiger partial charge in [0, 0.05) is 19.8 Å². The molecular weight excluding hydrogens is 288 g/mol. The first-order valence-electron chi connectivity index (χ1n) is 7.13. The van der Waals surface area contributed by atoms with Crippen molar-refractivity contribution < 1.29 is 9.53 Å². The Balaban J connectivity index is 2.35. The highest BCUT2D eigenvalue weighted by Gasteiger charge is 2.16. The van der Waals surface area contributed by atoms with Crippen LogP contribution in [0.3, 0.4) is 0 Å². The Morgan fingerprint density at radius 2 is 1.78 bits per heavy atom. The maximum absolute atomic E-state index is 12.6. The van der Waals surface area contributed by atoms with Crippen molar-refractivity contribution in [1.82, 2.24) is 0 Å². The van der Waals surface area contributed by atoms with Crippen molar-refractivity contribution in [2.45, 2.75) is 0 Å². The summed E-state index contributed by atoms with van der Waals surface area (Å²) in [7, 11) is 5.41. The van der Waals surface area contributed by atoms with E-state index in [0.717, 1.165) is 11.3 Å². The Kier molecular flexibility index (Phi) is 5.16. The van der Waals surface area contributed by atoms with E-state index >= 15 is 0 Å². The van der Waals surface area contributed by atoms with Crippen LogP contribution in [0.1, 0.15) is 15.9 Å². The van der Waals surface area contributed by atoms with Crippen LogP contribution in [0.25, 0.3) is 6.08 Å². The molecule has 0 saturated carbocycles. The van der Waals surface area contributed by atoms with Crippen LogP contribution in [0, 0.1) is 11.3 Å². The smallest absolute Gasteiger partial charge is 0.207 e. The summed E-state index contributed by atoms with van der Waals surface area (Å²) in [5.41, 5.74) is 2.31. The van der Waals surface area contributed by atoms with E-state index in [2.05, 4.69) is 0 Å². The Hall–Kier alpha value is -3.06. The largest absolute Gasteiger partial charge is 0.496 e. The van der Waals surface area contributed by atoms with Crippen molar-refractivity contribution in [3.8, 4) is 11.8 Å². The molecule has 0 aromatic heterocycles. The molecule has 0 N–H and O–H groups in total. The van der Waals surface area contributed by atoms with Gasteiger partial charge in [0.15, 0.2) is 0 Å². The summed E-state index contributed by atoms with van der Waals surface area (Å²) >= 11 is 0. The molecule has 23 heavy (non-hydrogen) atoms. The number of Topliss-reactive ketones (excluding diaryl/α,β-unsaturated/α-hetero) is 1. The van der Waals surface area contributed by atoms with Crippen molar-refractivity contribution in [3.63, 3.8) is 0 Å². The molecule has 116 valence electrons. The lowest BCUT2D eigenvalue weighted by Crippen LogP contribution is -2.08. The third kappa shape index (κ3) is 3.78. The first kappa shape index (κ1) is 16.3. The van der Waals surface area contributed by atoms with Gasteiger partial charge >= 0.3 is 0 Å². The second-order valence-corrected chi connectivity index (χ2v) is 5.19. The Morgan fingerprint density at radius 1 is 1.13 bits per heavy atom. The maximum atomic E-state index is 12.6. The number of methoxy groups -OCH3 is 1. The molecule has 2 aromatic rings. The molecule has 0 radical (unpaired) electrons. The highest BCUT2D eigenvalue weighted by molar-refractivity contribution is 6.15. The van der Waals surface area contributed by atoms with Crippen LogP contribution in [-0.2, 0) is 0 Å². The lowest BCUT2D eigenvalue weighted by molar-refractivity contribution is 0.103. The van der Waals surface area contributed by atoms with Crippen LogP contribution >= 0.6 is 0 Å². The van der Waals surface area contributed by atoms with Crippen LogP contribution in [0.4, 0.5) is 5.69 Å². The minimum atomic E-state index is -0.346. The Morgan fingerprint density at radius 3 is 2.35 bits per heavy atom. The minimum Gasteiger partial charge on any atom is -0.496 e. The first-order valence-corrected chi connectivity index (χ1v) is 7.13. The summed E-state index contributed by atoms with van der Waals surface area (Å²) in [6, 6.07) is 16.5. The molecular formula is C19H18N2O2. The number of para-hydroxylation sites is 1. The molecule has 0 spiro atoms. The number of ketones is 1. The molecule has 4 heteroatoms. The SMILES string of the molecule is COc1ccccc1C(=O)/C(C#N)=C/c1ccc(N(C)C)cc1. The number of carbonyl (C=O) groups excluding carboxylic acids is 1. The second kappa shape index (κ2) is 7.28. The average molecular weight is 306 g/mol. The summed E-state index contributed by atoms with van der Waals surface area (Å²) in [4.78, 5) is 14.5. The van der Waals surface area contributed by atoms with Gasteiger partial charge in [0.25, 0.3) is 0 Å². The van der Waals surface area contributed by atoms with E-state index in [0.29, 0.717) is 11.3 Å². The van der Waals surface area contributed by atoms with Gasteiger partial charge in [-0.05, 0) is 35.9 Å². The van der Waals surface area contributed by atoms with Crippen molar-refractivity contribution in [2.24, 2.45) is 0 Å². The van der Waals surface area contributed by atoms with Crippen LogP contribution in [0.2, 0.25) is 0 Å². The fraction of sp³-hybridized carbons (Fsp3) is 0.158. The lowest BCUT2D eigenvalue weighted by Gasteiger charge is -2.12. The molecule has 0 heterocycles. The molecule has 0 amide bonds. The van der Waals surface area contributed by atoms with Crippen LogP contribution in [0.15, 0.2) is 54.1 Å². The zero-order chi connectivity index (χ0) is 16.8. The quantitative estimate of drug-likeness (QED) is 0.481. The third-order valence-corrected chi connectivity index (χ3v) is 3.44. The summed E-state index contributed by atoms with van der Waals surface area (Å²) in [5, 5.41) is 9.34. The number of anilines is 1. The van der Waals surface area contributed by atoms with Gasteiger partial charge in [0.05, 0.1) is 12.7 Å². The fourth-order valence-electron chi connectivity index (χ4n) is 2.16. The second-order valence-electron chi connectivity index (χ2n) is 5.19. The average Bonchev–Trinajstić information content (AvgIpc) is 2.59. The maximum Gasteiger partial charge on any atom is 0.207 e. The van der Waals surface area contributed by atoms with Gasteiger partial charge in [-0.1, -0.05) is 24.3 Å². The van der Waals surface area contributed by atoms with Crippen molar-refractivity contribution in [3.05, 3.63) is 65.2 Å². The molecule has 0 aliphatic carbocycles. The van der Waals surface area contributed by atoms with Gasteiger partial charge in [0.1, 0.15) is 17.4 Å². The highest BCUT2D eigenvalue weighted by atomic mass is 16.5. The van der Waals surface area contributed by atoms with Crippen molar-refractivity contribution in [1.29, 1.82) is 5.26 Å².